The van der Waals surface area contributed by atoms with Crippen molar-refractivity contribution >= 4 is 45.6 Å². The minimum Gasteiger partial charge on any atom is -0.381 e. The number of Topliss-reactive ketones (excluding diaryl/α,β-unsaturated/α-hetero) is 1. The lowest BCUT2D eigenvalue weighted by molar-refractivity contribution is 0.0968. The van der Waals surface area contributed by atoms with Gasteiger partial charge in [-0.2, -0.15) is 0 Å². The molecule has 0 radical (unpaired) electrons. The molecule has 2 aliphatic carbocycles. The smallest absolute Gasteiger partial charge is 0.169 e. The van der Waals surface area contributed by atoms with Crippen molar-refractivity contribution in [2.24, 2.45) is 11.8 Å². The van der Waals surface area contributed by atoms with E-state index in [0.29, 0.717) is 16.1 Å². The number of anilines is 1. The molecular weight excluding hydrogens is 489 g/mol. The molecule has 0 atom stereocenters. The number of hydrogen-bond acceptors (Lipinski definition) is 4. The fourth-order valence-corrected chi connectivity index (χ4v) is 6.55. The summed E-state index contributed by atoms with van der Waals surface area (Å²) in [6, 6.07) is 12.2. The standard InChI is InChI=1S/C30H33Cl2N3O/c31-23-13-22(14-24(32)16-23)21-7-10-28-26(15-21)29(27(17-33-28)30(36)20-5-6-20)34-25-8-3-19(4-9-25)18-35-11-1-2-12-35/h7,10,13-17,19-20,25H,1-6,8-9,11-12,18H2,(H,33,34). The van der Waals surface area contributed by atoms with E-state index in [1.165, 1.54) is 45.3 Å². The predicted molar refractivity (Wildman–Crippen MR) is 149 cm³/mol. The van der Waals surface area contributed by atoms with Gasteiger partial charge in [-0.15, -0.1) is 0 Å². The van der Waals surface area contributed by atoms with Gasteiger partial charge in [-0.1, -0.05) is 29.3 Å². The van der Waals surface area contributed by atoms with Crippen molar-refractivity contribution in [1.82, 2.24) is 9.88 Å². The van der Waals surface area contributed by atoms with Crippen LogP contribution in [0.3, 0.4) is 0 Å². The zero-order valence-corrected chi connectivity index (χ0v) is 22.1. The van der Waals surface area contributed by atoms with E-state index in [-0.39, 0.29) is 11.7 Å². The van der Waals surface area contributed by atoms with Gasteiger partial charge in [0.15, 0.2) is 5.78 Å². The van der Waals surface area contributed by atoms with Crippen molar-refractivity contribution in [2.45, 2.75) is 57.4 Å². The van der Waals surface area contributed by atoms with E-state index >= 15 is 0 Å². The highest BCUT2D eigenvalue weighted by atomic mass is 35.5. The second-order valence-corrected chi connectivity index (χ2v) is 11.8. The first-order chi connectivity index (χ1) is 17.5. The lowest BCUT2D eigenvalue weighted by Gasteiger charge is -2.32. The van der Waals surface area contributed by atoms with Crippen LogP contribution >= 0.6 is 23.2 Å². The Morgan fingerprint density at radius 1 is 0.917 bits per heavy atom. The molecule has 3 aromatic rings. The number of halogens is 2. The maximum Gasteiger partial charge on any atom is 0.169 e. The number of likely N-dealkylation sites (tertiary alicyclic amines) is 1. The number of carbonyl (C=O) groups is 1. The van der Waals surface area contributed by atoms with Crippen LogP contribution in [-0.2, 0) is 0 Å². The fraction of sp³-hybridized carbons (Fsp3) is 0.467. The highest BCUT2D eigenvalue weighted by molar-refractivity contribution is 6.35. The molecule has 2 heterocycles. The van der Waals surface area contributed by atoms with Crippen molar-refractivity contribution in [1.29, 1.82) is 0 Å². The molecular formula is C30H33Cl2N3O. The number of rotatable bonds is 7. The Balaban J connectivity index is 1.30. The average molecular weight is 523 g/mol. The maximum absolute atomic E-state index is 13.3. The largest absolute Gasteiger partial charge is 0.381 e. The van der Waals surface area contributed by atoms with E-state index in [1.54, 1.807) is 12.3 Å². The molecule has 1 aliphatic heterocycles. The third kappa shape index (κ3) is 5.27. The molecule has 6 heteroatoms. The van der Waals surface area contributed by atoms with Gasteiger partial charge in [0.05, 0.1) is 16.8 Å². The van der Waals surface area contributed by atoms with Gasteiger partial charge in [0, 0.05) is 40.1 Å². The Kier molecular flexibility index (Phi) is 6.94. The van der Waals surface area contributed by atoms with Crippen molar-refractivity contribution in [3.05, 3.63) is 58.2 Å². The Morgan fingerprint density at radius 2 is 1.64 bits per heavy atom. The van der Waals surface area contributed by atoms with Gasteiger partial charge in [-0.05, 0) is 112 Å². The van der Waals surface area contributed by atoms with Crippen molar-refractivity contribution in [2.75, 3.05) is 25.0 Å². The summed E-state index contributed by atoms with van der Waals surface area (Å²) in [5, 5.41) is 6.06. The van der Waals surface area contributed by atoms with Crippen LogP contribution in [0, 0.1) is 11.8 Å². The van der Waals surface area contributed by atoms with E-state index in [9.17, 15) is 4.79 Å². The minimum absolute atomic E-state index is 0.149. The van der Waals surface area contributed by atoms with Crippen molar-refractivity contribution < 1.29 is 4.79 Å². The van der Waals surface area contributed by atoms with E-state index in [0.717, 1.165) is 64.9 Å². The molecule has 188 valence electrons. The molecule has 1 N–H and O–H groups in total. The Labute approximate surface area is 223 Å². The average Bonchev–Trinajstić information content (AvgIpc) is 3.60. The van der Waals surface area contributed by atoms with Crippen LogP contribution in [0.4, 0.5) is 5.69 Å². The molecule has 2 saturated carbocycles. The summed E-state index contributed by atoms with van der Waals surface area (Å²) in [6.45, 7) is 3.80. The molecule has 4 nitrogen and oxygen atoms in total. The second-order valence-electron chi connectivity index (χ2n) is 10.9. The molecule has 0 amide bonds. The second kappa shape index (κ2) is 10.3. The monoisotopic (exact) mass is 521 g/mol. The number of carbonyl (C=O) groups excluding carboxylic acids is 1. The summed E-state index contributed by atoms with van der Waals surface area (Å²) in [7, 11) is 0. The van der Waals surface area contributed by atoms with Crippen LogP contribution in [0.25, 0.3) is 22.0 Å². The first-order valence-electron chi connectivity index (χ1n) is 13.5. The molecule has 6 rings (SSSR count). The molecule has 0 bridgehead atoms. The number of pyridine rings is 1. The number of ketones is 1. The van der Waals surface area contributed by atoms with Crippen molar-refractivity contribution in [3.63, 3.8) is 0 Å². The number of hydrogen-bond donors (Lipinski definition) is 1. The van der Waals surface area contributed by atoms with E-state index < -0.39 is 0 Å². The zero-order chi connectivity index (χ0) is 24.6. The summed E-state index contributed by atoms with van der Waals surface area (Å²) >= 11 is 12.6. The summed E-state index contributed by atoms with van der Waals surface area (Å²) in [5.41, 5.74) is 4.56. The molecule has 0 unspecified atom stereocenters. The van der Waals surface area contributed by atoms with E-state index in [4.69, 9.17) is 23.2 Å². The van der Waals surface area contributed by atoms with Crippen molar-refractivity contribution in [3.8, 4) is 11.1 Å². The van der Waals surface area contributed by atoms with Crippen LogP contribution < -0.4 is 5.32 Å². The van der Waals surface area contributed by atoms with Gasteiger partial charge >= 0.3 is 0 Å². The summed E-state index contributed by atoms with van der Waals surface area (Å²) in [4.78, 5) is 20.6. The molecule has 1 aromatic heterocycles. The Hall–Kier alpha value is -2.14. The summed E-state index contributed by atoms with van der Waals surface area (Å²) in [5.74, 6) is 1.17. The quantitative estimate of drug-likeness (QED) is 0.321. The maximum atomic E-state index is 13.3. The molecule has 36 heavy (non-hydrogen) atoms. The highest BCUT2D eigenvalue weighted by Gasteiger charge is 2.33. The van der Waals surface area contributed by atoms with Gasteiger partial charge in [-0.25, -0.2) is 0 Å². The van der Waals surface area contributed by atoms with Crippen LogP contribution in [0.1, 0.15) is 61.7 Å². The normalized spacial score (nSPS) is 22.7. The van der Waals surface area contributed by atoms with Gasteiger partial charge < -0.3 is 10.2 Å². The SMILES string of the molecule is O=C(c1cnc2ccc(-c3cc(Cl)cc(Cl)c3)cc2c1NC1CCC(CN2CCCC2)CC1)C1CC1. The van der Waals surface area contributed by atoms with Crippen LogP contribution in [0.5, 0.6) is 0 Å². The first-order valence-corrected chi connectivity index (χ1v) is 14.2. The molecule has 0 spiro atoms. The minimum atomic E-state index is 0.149. The van der Waals surface area contributed by atoms with Crippen LogP contribution in [0.15, 0.2) is 42.6 Å². The molecule has 2 aromatic carbocycles. The fourth-order valence-electron chi connectivity index (χ4n) is 6.02. The van der Waals surface area contributed by atoms with Crippen LogP contribution in [-0.4, -0.2) is 41.3 Å². The van der Waals surface area contributed by atoms with E-state index in [1.807, 2.05) is 24.3 Å². The summed E-state index contributed by atoms with van der Waals surface area (Å²) < 4.78 is 0. The highest BCUT2D eigenvalue weighted by Crippen LogP contribution is 2.39. The van der Waals surface area contributed by atoms with Gasteiger partial charge in [0.25, 0.3) is 0 Å². The molecule has 3 fully saturated rings. The molecule has 3 aliphatic rings. The number of fused-ring (bicyclic) bond motifs is 1. The van der Waals surface area contributed by atoms with Gasteiger partial charge in [0.2, 0.25) is 0 Å². The number of aromatic nitrogens is 1. The van der Waals surface area contributed by atoms with Gasteiger partial charge in [-0.3, -0.25) is 9.78 Å². The number of nitrogens with zero attached hydrogens (tertiary/aromatic N) is 2. The van der Waals surface area contributed by atoms with E-state index in [2.05, 4.69) is 21.3 Å². The third-order valence-corrected chi connectivity index (χ3v) is 8.62. The third-order valence-electron chi connectivity index (χ3n) is 8.19. The summed E-state index contributed by atoms with van der Waals surface area (Å²) in [6.07, 6.45) is 11.2. The first kappa shape index (κ1) is 24.2. The Morgan fingerprint density at radius 3 is 2.33 bits per heavy atom. The molecule has 1 saturated heterocycles. The Bertz CT molecular complexity index is 1250. The number of benzene rings is 2. The predicted octanol–water partition coefficient (Wildman–Crippen LogP) is 7.87. The zero-order valence-electron chi connectivity index (χ0n) is 20.6. The number of nitrogens with one attached hydrogen (secondary N) is 1. The van der Waals surface area contributed by atoms with Crippen LogP contribution in [0.2, 0.25) is 10.0 Å². The van der Waals surface area contributed by atoms with Gasteiger partial charge in [0.1, 0.15) is 0 Å². The topological polar surface area (TPSA) is 45.2 Å². The lowest BCUT2D eigenvalue weighted by atomic mass is 9.85. The lowest BCUT2D eigenvalue weighted by Crippen LogP contribution is -2.33.